The summed E-state index contributed by atoms with van der Waals surface area (Å²) < 4.78 is 61.7. The molecule has 0 saturated heterocycles. The summed E-state index contributed by atoms with van der Waals surface area (Å²) in [6.45, 7) is 1.85. The Morgan fingerprint density at radius 3 is 2.31 bits per heavy atom. The number of sulfonamides is 1. The Hall–Kier alpha value is -2.51. The minimum absolute atomic E-state index is 0.0235. The van der Waals surface area contributed by atoms with Crippen molar-refractivity contribution in [1.82, 2.24) is 5.01 Å². The summed E-state index contributed by atoms with van der Waals surface area (Å²) in [5.74, 6) is 0.0235. The Morgan fingerprint density at radius 1 is 0.972 bits per heavy atom. The number of hydrazine groups is 1. The number of rotatable bonds is 11. The van der Waals surface area contributed by atoms with Crippen LogP contribution in [0.4, 0.5) is 11.4 Å². The second-order valence-corrected chi connectivity index (χ2v) is 13.1. The number of allylic oxidation sites excluding steroid dienone is 1. The molecule has 0 aliphatic carbocycles. The molecule has 0 fully saturated rings. The second-order valence-electron chi connectivity index (χ2n) is 8.13. The van der Waals surface area contributed by atoms with E-state index in [2.05, 4.69) is 0 Å². The Bertz CT molecular complexity index is 1390. The summed E-state index contributed by atoms with van der Waals surface area (Å²) in [5, 5.41) is 5.69. The molecule has 36 heavy (non-hydrogen) atoms. The number of para-hydroxylation sites is 1. The maximum atomic E-state index is 13.6. The third-order valence-electron chi connectivity index (χ3n) is 5.40. The van der Waals surface area contributed by atoms with Crippen LogP contribution in [0.5, 0.6) is 0 Å². The number of hydrogen-bond donors (Lipinski definition) is 2. The van der Waals surface area contributed by atoms with Crippen molar-refractivity contribution in [3.05, 3.63) is 93.7 Å². The Labute approximate surface area is 220 Å². The highest BCUT2D eigenvalue weighted by atomic mass is 32.2. The van der Waals surface area contributed by atoms with Crippen LogP contribution >= 0.6 is 23.1 Å². The van der Waals surface area contributed by atoms with Gasteiger partial charge in [0, 0.05) is 10.6 Å². The molecular formula is C24H27N3O5S4. The number of hydrogen-bond acceptors (Lipinski definition) is 7. The van der Waals surface area contributed by atoms with E-state index in [9.17, 15) is 16.8 Å². The summed E-state index contributed by atoms with van der Waals surface area (Å²) >= 11 is 3.17. The lowest BCUT2D eigenvalue weighted by molar-refractivity contribution is 0.343. The first-order valence-electron chi connectivity index (χ1n) is 11.3. The van der Waals surface area contributed by atoms with Gasteiger partial charge in [0.05, 0.1) is 17.1 Å². The molecule has 2 heterocycles. The molecule has 2 N–H and O–H groups in total. The minimum atomic E-state index is -4.34. The molecule has 1 aromatic heterocycles. The van der Waals surface area contributed by atoms with Gasteiger partial charge in [-0.05, 0) is 65.9 Å². The lowest BCUT2D eigenvalue weighted by Crippen LogP contribution is -2.46. The zero-order chi connectivity index (χ0) is 25.8. The van der Waals surface area contributed by atoms with Crippen LogP contribution in [0.25, 0.3) is 0 Å². The van der Waals surface area contributed by atoms with Crippen molar-refractivity contribution in [2.45, 2.75) is 31.6 Å². The maximum absolute atomic E-state index is 13.6. The molecule has 2 aromatic carbocycles. The van der Waals surface area contributed by atoms with Gasteiger partial charge in [0.1, 0.15) is 5.37 Å². The van der Waals surface area contributed by atoms with Crippen LogP contribution in [0, 0.1) is 0 Å². The van der Waals surface area contributed by atoms with Crippen LogP contribution in [0.1, 0.15) is 35.6 Å². The highest BCUT2D eigenvalue weighted by Crippen LogP contribution is 2.48. The number of thioether (sulfide) groups is 1. The number of nitrogens with one attached hydrogen (secondary N) is 1. The number of thiophene rings is 1. The summed E-state index contributed by atoms with van der Waals surface area (Å²) in [7, 11) is -7.99. The fourth-order valence-electron chi connectivity index (χ4n) is 3.89. The Balaban J connectivity index is 1.64. The molecule has 0 bridgehead atoms. The lowest BCUT2D eigenvalue weighted by Gasteiger charge is -2.39. The molecule has 1 aliphatic rings. The van der Waals surface area contributed by atoms with Gasteiger partial charge in [0.2, 0.25) is 0 Å². The maximum Gasteiger partial charge on any atom is 0.357 e. The fourth-order valence-corrected chi connectivity index (χ4v) is 8.07. The third kappa shape index (κ3) is 6.43. The standard InChI is InChI=1S/C24H27N3O5S4/c1-2-17-35(28,29)27(21-7-4-3-5-8-21)26-22(18-34-24(26)23-9-6-16-33-23)15-12-19-10-13-20(14-11-19)25-36(30,31)32/h3-11,13-14,16,18,24-25H,2,12,15,17H2,1H3,(H,30,31,32). The number of benzene rings is 2. The Kier molecular flexibility index (Phi) is 8.30. The predicted molar refractivity (Wildman–Crippen MR) is 148 cm³/mol. The molecule has 12 heteroatoms. The van der Waals surface area contributed by atoms with Crippen molar-refractivity contribution < 1.29 is 21.4 Å². The van der Waals surface area contributed by atoms with Gasteiger partial charge in [0.25, 0.3) is 10.0 Å². The largest absolute Gasteiger partial charge is 0.357 e. The van der Waals surface area contributed by atoms with E-state index in [0.717, 1.165) is 16.1 Å². The molecule has 3 aromatic rings. The summed E-state index contributed by atoms with van der Waals surface area (Å²) in [5.41, 5.74) is 2.67. The first-order chi connectivity index (χ1) is 17.2. The van der Waals surface area contributed by atoms with Crippen molar-refractivity contribution >= 4 is 54.8 Å². The fraction of sp³-hybridized carbons (Fsp3) is 0.250. The summed E-state index contributed by atoms with van der Waals surface area (Å²) in [6.07, 6.45) is 1.69. The van der Waals surface area contributed by atoms with E-state index in [1.54, 1.807) is 59.5 Å². The van der Waals surface area contributed by atoms with Gasteiger partial charge in [-0.1, -0.05) is 55.1 Å². The zero-order valence-electron chi connectivity index (χ0n) is 19.5. The van der Waals surface area contributed by atoms with E-state index < -0.39 is 20.3 Å². The average molecular weight is 566 g/mol. The molecule has 1 unspecified atom stereocenters. The number of nitrogens with zero attached hydrogens (tertiary/aromatic N) is 2. The van der Waals surface area contributed by atoms with E-state index in [-0.39, 0.29) is 16.8 Å². The molecular weight excluding hydrogens is 539 g/mol. The van der Waals surface area contributed by atoms with Crippen LogP contribution in [-0.2, 0) is 26.7 Å². The second kappa shape index (κ2) is 11.3. The van der Waals surface area contributed by atoms with Crippen LogP contribution in [-0.4, -0.2) is 32.2 Å². The summed E-state index contributed by atoms with van der Waals surface area (Å²) in [4.78, 5) is 1.06. The number of aryl methyl sites for hydroxylation is 1. The van der Waals surface area contributed by atoms with Gasteiger partial charge in [-0.15, -0.1) is 11.3 Å². The normalized spacial score (nSPS) is 16.1. The predicted octanol–water partition coefficient (Wildman–Crippen LogP) is 5.65. The molecule has 0 amide bonds. The van der Waals surface area contributed by atoms with E-state index in [0.29, 0.717) is 24.9 Å². The van der Waals surface area contributed by atoms with E-state index in [1.807, 2.05) is 57.8 Å². The molecule has 0 spiro atoms. The van der Waals surface area contributed by atoms with Crippen molar-refractivity contribution in [2.24, 2.45) is 0 Å². The lowest BCUT2D eigenvalue weighted by atomic mass is 10.1. The molecule has 1 aliphatic heterocycles. The van der Waals surface area contributed by atoms with Crippen LogP contribution < -0.4 is 9.14 Å². The summed E-state index contributed by atoms with van der Waals surface area (Å²) in [6, 6.07) is 19.8. The van der Waals surface area contributed by atoms with Gasteiger partial charge < -0.3 is 0 Å². The average Bonchev–Trinajstić information content (AvgIpc) is 3.49. The monoisotopic (exact) mass is 565 g/mol. The molecule has 4 rings (SSSR count). The van der Waals surface area contributed by atoms with Gasteiger partial charge in [-0.3, -0.25) is 14.3 Å². The molecule has 8 nitrogen and oxygen atoms in total. The molecule has 0 saturated carbocycles. The van der Waals surface area contributed by atoms with Gasteiger partial charge in [0.15, 0.2) is 0 Å². The quantitative estimate of drug-likeness (QED) is 0.290. The van der Waals surface area contributed by atoms with E-state index in [1.165, 1.54) is 4.41 Å². The molecule has 1 atom stereocenters. The highest BCUT2D eigenvalue weighted by Gasteiger charge is 2.39. The van der Waals surface area contributed by atoms with Crippen molar-refractivity contribution in [2.75, 3.05) is 14.9 Å². The molecule has 192 valence electrons. The number of anilines is 2. The van der Waals surface area contributed by atoms with Crippen molar-refractivity contribution in [3.8, 4) is 0 Å². The Morgan fingerprint density at radius 2 is 1.69 bits per heavy atom. The van der Waals surface area contributed by atoms with Crippen LogP contribution in [0.2, 0.25) is 0 Å². The minimum Gasteiger partial charge on any atom is -0.269 e. The van der Waals surface area contributed by atoms with Crippen molar-refractivity contribution in [3.63, 3.8) is 0 Å². The van der Waals surface area contributed by atoms with Gasteiger partial charge in [-0.25, -0.2) is 8.42 Å². The van der Waals surface area contributed by atoms with Crippen LogP contribution in [0.15, 0.2) is 83.2 Å². The van der Waals surface area contributed by atoms with Crippen molar-refractivity contribution in [1.29, 1.82) is 0 Å². The van der Waals surface area contributed by atoms with E-state index >= 15 is 0 Å². The highest BCUT2D eigenvalue weighted by molar-refractivity contribution is 8.02. The topological polar surface area (TPSA) is 107 Å². The SMILES string of the molecule is CCCS(=O)(=O)N(c1ccccc1)N1C(CCc2ccc(NS(=O)(=O)O)cc2)=CSC1c1cccs1. The first-order valence-corrected chi connectivity index (χ1v) is 16.1. The van der Waals surface area contributed by atoms with Gasteiger partial charge >= 0.3 is 10.3 Å². The van der Waals surface area contributed by atoms with E-state index in [4.69, 9.17) is 4.55 Å². The van der Waals surface area contributed by atoms with Gasteiger partial charge in [-0.2, -0.15) is 12.8 Å². The smallest absolute Gasteiger partial charge is 0.269 e. The third-order valence-corrected chi connectivity index (χ3v) is 9.93. The van der Waals surface area contributed by atoms with Crippen LogP contribution in [0.3, 0.4) is 0 Å². The molecule has 0 radical (unpaired) electrons. The zero-order valence-corrected chi connectivity index (χ0v) is 22.8. The first kappa shape index (κ1) is 26.6.